The van der Waals surface area contributed by atoms with E-state index in [0.29, 0.717) is 24.8 Å². The lowest BCUT2D eigenvalue weighted by Crippen LogP contribution is -2.34. The molecule has 1 heterocycles. The zero-order valence-electron chi connectivity index (χ0n) is 13.1. The van der Waals surface area contributed by atoms with E-state index in [4.69, 9.17) is 10.5 Å². The van der Waals surface area contributed by atoms with Crippen LogP contribution in [0.25, 0.3) is 0 Å². The second-order valence-corrected chi connectivity index (χ2v) is 5.11. The summed E-state index contributed by atoms with van der Waals surface area (Å²) in [5.74, 6) is 0.690. The summed E-state index contributed by atoms with van der Waals surface area (Å²) in [7, 11) is 0. The second-order valence-electron chi connectivity index (χ2n) is 5.11. The highest BCUT2D eigenvalue weighted by atomic mass is 19.1. The molecule has 1 atom stereocenters. The van der Waals surface area contributed by atoms with Crippen LogP contribution in [0, 0.1) is 5.82 Å². The van der Waals surface area contributed by atoms with E-state index in [0.717, 1.165) is 12.1 Å². The number of hydrogen-bond acceptors (Lipinski definition) is 3. The van der Waals surface area contributed by atoms with E-state index in [-0.39, 0.29) is 11.9 Å². The van der Waals surface area contributed by atoms with Gasteiger partial charge in [-0.1, -0.05) is 6.07 Å². The molecule has 23 heavy (non-hydrogen) atoms. The number of nitrogens with one attached hydrogen (secondary N) is 1. The number of nitrogens with two attached hydrogens (primary N) is 1. The zero-order chi connectivity index (χ0) is 16.5. The number of aromatic nitrogens is 1. The fourth-order valence-electron chi connectivity index (χ4n) is 1.93. The van der Waals surface area contributed by atoms with Crippen molar-refractivity contribution in [3.8, 4) is 5.75 Å². The molecule has 2 rings (SSSR count). The summed E-state index contributed by atoms with van der Waals surface area (Å²) in [6.07, 6.45) is 2.39. The Morgan fingerprint density at radius 3 is 2.78 bits per heavy atom. The van der Waals surface area contributed by atoms with Gasteiger partial charge in [0.05, 0.1) is 6.54 Å². The molecule has 0 aliphatic carbocycles. The normalized spacial score (nSPS) is 12.7. The maximum absolute atomic E-state index is 12.8. The summed E-state index contributed by atoms with van der Waals surface area (Å²) in [6, 6.07) is 11.7. The Morgan fingerprint density at radius 2 is 2.09 bits per heavy atom. The first-order chi connectivity index (χ1) is 11.1. The molecule has 1 aromatic carbocycles. The van der Waals surface area contributed by atoms with Gasteiger partial charge in [0.15, 0.2) is 5.96 Å². The van der Waals surface area contributed by atoms with Gasteiger partial charge in [-0.3, -0.25) is 4.98 Å². The Kier molecular flexibility index (Phi) is 6.35. The largest absolute Gasteiger partial charge is 0.489 e. The minimum atomic E-state index is -0.288. The third-order valence-corrected chi connectivity index (χ3v) is 3.08. The van der Waals surface area contributed by atoms with E-state index in [1.54, 1.807) is 18.3 Å². The van der Waals surface area contributed by atoms with E-state index in [1.165, 1.54) is 12.1 Å². The van der Waals surface area contributed by atoms with Crippen molar-refractivity contribution in [1.29, 1.82) is 0 Å². The van der Waals surface area contributed by atoms with Crippen LogP contribution < -0.4 is 15.8 Å². The van der Waals surface area contributed by atoms with Crippen LogP contribution in [-0.2, 0) is 6.42 Å². The van der Waals surface area contributed by atoms with Gasteiger partial charge in [0.2, 0.25) is 0 Å². The van der Waals surface area contributed by atoms with Crippen molar-refractivity contribution in [2.75, 3.05) is 13.1 Å². The van der Waals surface area contributed by atoms with Crippen LogP contribution >= 0.6 is 0 Å². The second kappa shape index (κ2) is 8.73. The first-order valence-corrected chi connectivity index (χ1v) is 7.49. The fourth-order valence-corrected chi connectivity index (χ4v) is 1.93. The van der Waals surface area contributed by atoms with Crippen molar-refractivity contribution < 1.29 is 9.13 Å². The van der Waals surface area contributed by atoms with Crippen molar-refractivity contribution in [3.05, 3.63) is 60.2 Å². The Hall–Kier alpha value is -2.63. The van der Waals surface area contributed by atoms with Gasteiger partial charge >= 0.3 is 0 Å². The lowest BCUT2D eigenvalue weighted by Gasteiger charge is -2.13. The van der Waals surface area contributed by atoms with Crippen LogP contribution in [0.4, 0.5) is 4.39 Å². The summed E-state index contributed by atoms with van der Waals surface area (Å²) in [6.45, 7) is 2.97. The van der Waals surface area contributed by atoms with Gasteiger partial charge in [-0.25, -0.2) is 9.38 Å². The molecule has 0 saturated carbocycles. The maximum atomic E-state index is 12.8. The number of halogens is 1. The van der Waals surface area contributed by atoms with E-state index in [1.807, 2.05) is 25.1 Å². The number of rotatable bonds is 7. The summed E-state index contributed by atoms with van der Waals surface area (Å²) >= 11 is 0. The third-order valence-electron chi connectivity index (χ3n) is 3.08. The lowest BCUT2D eigenvalue weighted by atomic mass is 10.3. The number of guanidine groups is 1. The number of pyridine rings is 1. The highest BCUT2D eigenvalue weighted by Crippen LogP contribution is 2.12. The molecular weight excluding hydrogens is 295 g/mol. The Balaban J connectivity index is 1.70. The van der Waals surface area contributed by atoms with Crippen LogP contribution in [0.15, 0.2) is 53.7 Å². The highest BCUT2D eigenvalue weighted by Gasteiger charge is 2.04. The number of ether oxygens (including phenoxy) is 1. The van der Waals surface area contributed by atoms with Gasteiger partial charge in [0.25, 0.3) is 0 Å². The summed E-state index contributed by atoms with van der Waals surface area (Å²) in [4.78, 5) is 8.47. The average Bonchev–Trinajstić information content (AvgIpc) is 2.56. The van der Waals surface area contributed by atoms with E-state index < -0.39 is 0 Å². The predicted molar refractivity (Wildman–Crippen MR) is 88.9 cm³/mol. The van der Waals surface area contributed by atoms with Crippen molar-refractivity contribution in [1.82, 2.24) is 10.3 Å². The maximum Gasteiger partial charge on any atom is 0.188 e. The van der Waals surface area contributed by atoms with Gasteiger partial charge in [-0.15, -0.1) is 0 Å². The number of nitrogens with zero attached hydrogens (tertiary/aromatic N) is 2. The number of benzene rings is 1. The molecule has 3 N–H and O–H groups in total. The average molecular weight is 316 g/mol. The molecule has 0 aliphatic rings. The first-order valence-electron chi connectivity index (χ1n) is 7.49. The molecule has 1 unspecified atom stereocenters. The summed E-state index contributed by atoms with van der Waals surface area (Å²) in [5, 5.41) is 3.04. The summed E-state index contributed by atoms with van der Waals surface area (Å²) in [5.41, 5.74) is 6.81. The monoisotopic (exact) mass is 316 g/mol. The van der Waals surface area contributed by atoms with Crippen LogP contribution in [0.1, 0.15) is 12.6 Å². The van der Waals surface area contributed by atoms with Gasteiger partial charge < -0.3 is 15.8 Å². The fraction of sp³-hybridized carbons (Fsp3) is 0.294. The highest BCUT2D eigenvalue weighted by molar-refractivity contribution is 5.77. The predicted octanol–water partition coefficient (Wildman–Crippen LogP) is 2.13. The van der Waals surface area contributed by atoms with Crippen molar-refractivity contribution in [2.45, 2.75) is 19.4 Å². The van der Waals surface area contributed by atoms with Crippen molar-refractivity contribution in [3.63, 3.8) is 0 Å². The molecule has 0 saturated heterocycles. The third kappa shape index (κ3) is 6.34. The molecule has 2 aromatic rings. The molecule has 0 radical (unpaired) electrons. The number of aliphatic imine (C=N–C) groups is 1. The molecule has 0 aliphatic heterocycles. The first kappa shape index (κ1) is 16.7. The van der Waals surface area contributed by atoms with E-state index in [2.05, 4.69) is 15.3 Å². The molecule has 6 heteroatoms. The SMILES string of the molecule is CC(CN=C(N)NCCc1ccccn1)Oc1ccc(F)cc1. The molecule has 0 bridgehead atoms. The minimum Gasteiger partial charge on any atom is -0.489 e. The quantitative estimate of drug-likeness (QED) is 0.606. The van der Waals surface area contributed by atoms with Gasteiger partial charge in [-0.05, 0) is 43.3 Å². The zero-order valence-corrected chi connectivity index (χ0v) is 13.1. The standard InChI is InChI=1S/C17H21FN4O/c1-13(23-16-7-5-14(18)6-8-16)12-22-17(19)21-11-9-15-4-2-3-10-20-15/h2-8,10,13H,9,11-12H2,1H3,(H3,19,21,22). The molecule has 0 fully saturated rings. The molecule has 0 amide bonds. The Bertz CT molecular complexity index is 616. The number of hydrogen-bond donors (Lipinski definition) is 2. The van der Waals surface area contributed by atoms with E-state index in [9.17, 15) is 4.39 Å². The van der Waals surface area contributed by atoms with E-state index >= 15 is 0 Å². The van der Waals surface area contributed by atoms with Gasteiger partial charge in [-0.2, -0.15) is 0 Å². The Labute approximate surface area is 135 Å². The Morgan fingerprint density at radius 1 is 1.30 bits per heavy atom. The van der Waals surface area contributed by atoms with Crippen LogP contribution in [-0.4, -0.2) is 30.1 Å². The molecule has 5 nitrogen and oxygen atoms in total. The molecule has 0 spiro atoms. The van der Waals surface area contributed by atoms with Gasteiger partial charge in [0.1, 0.15) is 17.7 Å². The van der Waals surface area contributed by atoms with Crippen LogP contribution in [0.2, 0.25) is 0 Å². The molecule has 1 aromatic heterocycles. The summed E-state index contributed by atoms with van der Waals surface area (Å²) < 4.78 is 18.4. The molecule has 122 valence electrons. The van der Waals surface area contributed by atoms with Crippen LogP contribution in [0.3, 0.4) is 0 Å². The van der Waals surface area contributed by atoms with Crippen molar-refractivity contribution >= 4 is 5.96 Å². The lowest BCUT2D eigenvalue weighted by molar-refractivity contribution is 0.230. The topological polar surface area (TPSA) is 72.5 Å². The molecular formula is C17H21FN4O. The van der Waals surface area contributed by atoms with Gasteiger partial charge in [0, 0.05) is 24.9 Å². The smallest absolute Gasteiger partial charge is 0.188 e. The van der Waals surface area contributed by atoms with Crippen LogP contribution in [0.5, 0.6) is 5.75 Å². The van der Waals surface area contributed by atoms with Crippen molar-refractivity contribution in [2.24, 2.45) is 10.7 Å². The minimum absolute atomic E-state index is 0.156.